The van der Waals surface area contributed by atoms with Crippen molar-refractivity contribution in [3.8, 4) is 0 Å². The standard InChI is InChI=1S/C17H25N3O2S/c1-11-5-3-6-14(12(11)2)19-15(21)9-13-10-23-17(18-13)20-8-4-7-16(20)22/h10-12,14H,3-9H2,1-2H3,(H,19,21)/t11-,12+,14-/m1/s1. The van der Waals surface area contributed by atoms with E-state index in [1.807, 2.05) is 5.38 Å². The first-order valence-corrected chi connectivity index (χ1v) is 9.46. The molecule has 23 heavy (non-hydrogen) atoms. The number of nitrogens with one attached hydrogen (secondary N) is 1. The van der Waals surface area contributed by atoms with Crippen LogP contribution in [0.25, 0.3) is 0 Å². The molecule has 0 spiro atoms. The van der Waals surface area contributed by atoms with Crippen molar-refractivity contribution in [3.63, 3.8) is 0 Å². The van der Waals surface area contributed by atoms with Crippen LogP contribution in [0.4, 0.5) is 5.13 Å². The van der Waals surface area contributed by atoms with Crippen LogP contribution in [0.5, 0.6) is 0 Å². The molecule has 1 saturated carbocycles. The number of thiazole rings is 1. The van der Waals surface area contributed by atoms with Crippen molar-refractivity contribution in [2.24, 2.45) is 11.8 Å². The SMILES string of the molecule is C[C@H]1[C@H](C)CCC[C@H]1NC(=O)Cc1csc(N2CCCC2=O)n1. The quantitative estimate of drug-likeness (QED) is 0.920. The van der Waals surface area contributed by atoms with Gasteiger partial charge in [0.15, 0.2) is 5.13 Å². The van der Waals surface area contributed by atoms with Gasteiger partial charge in [0.25, 0.3) is 0 Å². The maximum absolute atomic E-state index is 12.3. The number of anilines is 1. The minimum Gasteiger partial charge on any atom is -0.353 e. The monoisotopic (exact) mass is 335 g/mol. The molecule has 2 fully saturated rings. The summed E-state index contributed by atoms with van der Waals surface area (Å²) in [7, 11) is 0. The molecule has 3 atom stereocenters. The zero-order chi connectivity index (χ0) is 16.4. The Kier molecular flexibility index (Phi) is 4.99. The Labute approximate surface area is 141 Å². The summed E-state index contributed by atoms with van der Waals surface area (Å²) < 4.78 is 0. The molecular formula is C17H25N3O2S. The van der Waals surface area contributed by atoms with Crippen molar-refractivity contribution in [1.29, 1.82) is 0 Å². The molecule has 2 heterocycles. The van der Waals surface area contributed by atoms with Crippen molar-refractivity contribution in [3.05, 3.63) is 11.1 Å². The fourth-order valence-electron chi connectivity index (χ4n) is 3.56. The number of hydrogen-bond donors (Lipinski definition) is 1. The predicted octanol–water partition coefficient (Wildman–Crippen LogP) is 2.75. The molecule has 1 aromatic rings. The van der Waals surface area contributed by atoms with Gasteiger partial charge in [-0.3, -0.25) is 14.5 Å². The van der Waals surface area contributed by atoms with Crippen molar-refractivity contribution in [2.45, 2.75) is 58.4 Å². The first-order valence-electron chi connectivity index (χ1n) is 8.58. The van der Waals surface area contributed by atoms with Gasteiger partial charge in [-0.25, -0.2) is 4.98 Å². The van der Waals surface area contributed by atoms with E-state index in [1.54, 1.807) is 4.90 Å². The van der Waals surface area contributed by atoms with Gasteiger partial charge in [0, 0.05) is 24.4 Å². The highest BCUT2D eigenvalue weighted by Gasteiger charge is 2.28. The van der Waals surface area contributed by atoms with Crippen molar-refractivity contribution < 1.29 is 9.59 Å². The van der Waals surface area contributed by atoms with E-state index in [0.29, 0.717) is 24.7 Å². The molecule has 0 bridgehead atoms. The van der Waals surface area contributed by atoms with E-state index < -0.39 is 0 Å². The number of carbonyl (C=O) groups is 2. The van der Waals surface area contributed by atoms with Gasteiger partial charge in [0.2, 0.25) is 11.8 Å². The summed E-state index contributed by atoms with van der Waals surface area (Å²) in [5, 5.41) is 5.81. The van der Waals surface area contributed by atoms with Crippen molar-refractivity contribution in [1.82, 2.24) is 10.3 Å². The van der Waals surface area contributed by atoms with Gasteiger partial charge in [-0.2, -0.15) is 0 Å². The van der Waals surface area contributed by atoms with Crippen molar-refractivity contribution >= 4 is 28.3 Å². The molecule has 0 radical (unpaired) electrons. The summed E-state index contributed by atoms with van der Waals surface area (Å²) in [6.45, 7) is 5.24. The smallest absolute Gasteiger partial charge is 0.228 e. The first kappa shape index (κ1) is 16.4. The van der Waals surface area contributed by atoms with Crippen LogP contribution in [-0.4, -0.2) is 29.4 Å². The molecule has 0 aromatic carbocycles. The topological polar surface area (TPSA) is 62.3 Å². The molecule has 6 heteroatoms. The number of amides is 2. The summed E-state index contributed by atoms with van der Waals surface area (Å²) in [5.74, 6) is 1.38. The van der Waals surface area contributed by atoms with Crippen LogP contribution >= 0.6 is 11.3 Å². The highest BCUT2D eigenvalue weighted by molar-refractivity contribution is 7.14. The number of hydrogen-bond acceptors (Lipinski definition) is 4. The molecule has 1 aromatic heterocycles. The Hall–Kier alpha value is -1.43. The lowest BCUT2D eigenvalue weighted by molar-refractivity contribution is -0.122. The summed E-state index contributed by atoms with van der Waals surface area (Å²) in [6, 6.07) is 0.282. The molecule has 1 aliphatic carbocycles. The van der Waals surface area contributed by atoms with Gasteiger partial charge in [-0.15, -0.1) is 11.3 Å². The summed E-state index contributed by atoms with van der Waals surface area (Å²) in [5.41, 5.74) is 0.763. The van der Waals surface area contributed by atoms with Crippen LogP contribution in [0.1, 0.15) is 51.6 Å². The molecule has 126 valence electrons. The molecule has 2 aliphatic rings. The van der Waals surface area contributed by atoms with E-state index >= 15 is 0 Å². The second-order valence-electron chi connectivity index (χ2n) is 6.89. The summed E-state index contributed by atoms with van der Waals surface area (Å²) >= 11 is 1.45. The Balaban J connectivity index is 1.56. The lowest BCUT2D eigenvalue weighted by atomic mass is 9.78. The van der Waals surface area contributed by atoms with Gasteiger partial charge in [-0.1, -0.05) is 26.7 Å². The molecule has 1 saturated heterocycles. The number of carbonyl (C=O) groups excluding carboxylic acids is 2. The number of nitrogens with zero attached hydrogens (tertiary/aromatic N) is 2. The summed E-state index contributed by atoms with van der Waals surface area (Å²) in [6.07, 6.45) is 5.32. The molecule has 1 N–H and O–H groups in total. The van der Waals surface area contributed by atoms with Gasteiger partial charge in [-0.05, 0) is 24.7 Å². The highest BCUT2D eigenvalue weighted by Crippen LogP contribution is 2.30. The van der Waals surface area contributed by atoms with Crippen LogP contribution in [0.15, 0.2) is 5.38 Å². The van der Waals surface area contributed by atoms with Gasteiger partial charge < -0.3 is 5.32 Å². The number of rotatable bonds is 4. The van der Waals surface area contributed by atoms with E-state index in [-0.39, 0.29) is 17.9 Å². The van der Waals surface area contributed by atoms with Crippen LogP contribution in [-0.2, 0) is 16.0 Å². The Morgan fingerprint density at radius 1 is 1.39 bits per heavy atom. The second-order valence-corrected chi connectivity index (χ2v) is 7.72. The molecule has 0 unspecified atom stereocenters. The van der Waals surface area contributed by atoms with Gasteiger partial charge in [0.1, 0.15) is 0 Å². The van der Waals surface area contributed by atoms with E-state index in [2.05, 4.69) is 24.1 Å². The van der Waals surface area contributed by atoms with E-state index in [0.717, 1.165) is 30.2 Å². The minimum absolute atomic E-state index is 0.0422. The van der Waals surface area contributed by atoms with E-state index in [1.165, 1.54) is 24.2 Å². The predicted molar refractivity (Wildman–Crippen MR) is 91.5 cm³/mol. The largest absolute Gasteiger partial charge is 0.353 e. The van der Waals surface area contributed by atoms with E-state index in [4.69, 9.17) is 0 Å². The molecule has 3 rings (SSSR count). The minimum atomic E-state index is 0.0422. The fourth-order valence-corrected chi connectivity index (χ4v) is 4.43. The third-order valence-electron chi connectivity index (χ3n) is 5.24. The average Bonchev–Trinajstić information content (AvgIpc) is 3.12. The Morgan fingerprint density at radius 3 is 2.96 bits per heavy atom. The fraction of sp³-hybridized carbons (Fsp3) is 0.706. The van der Waals surface area contributed by atoms with E-state index in [9.17, 15) is 9.59 Å². The lowest BCUT2D eigenvalue weighted by Crippen LogP contribution is -2.44. The normalized spacial score (nSPS) is 28.2. The second kappa shape index (κ2) is 6.99. The Morgan fingerprint density at radius 2 is 2.22 bits per heavy atom. The summed E-state index contributed by atoms with van der Waals surface area (Å²) in [4.78, 5) is 30.3. The third-order valence-corrected chi connectivity index (χ3v) is 6.15. The molecular weight excluding hydrogens is 310 g/mol. The maximum Gasteiger partial charge on any atom is 0.228 e. The maximum atomic E-state index is 12.3. The first-order chi connectivity index (χ1) is 11.0. The zero-order valence-corrected chi connectivity index (χ0v) is 14.7. The Bertz CT molecular complexity index is 586. The molecule has 5 nitrogen and oxygen atoms in total. The molecule has 1 aliphatic heterocycles. The highest BCUT2D eigenvalue weighted by atomic mass is 32.1. The van der Waals surface area contributed by atoms with Crippen LogP contribution in [0, 0.1) is 11.8 Å². The zero-order valence-electron chi connectivity index (χ0n) is 13.9. The number of aromatic nitrogens is 1. The van der Waals surface area contributed by atoms with Gasteiger partial charge >= 0.3 is 0 Å². The third kappa shape index (κ3) is 3.74. The average molecular weight is 335 g/mol. The van der Waals surface area contributed by atoms with Crippen LogP contribution in [0.2, 0.25) is 0 Å². The van der Waals surface area contributed by atoms with Crippen LogP contribution in [0.3, 0.4) is 0 Å². The van der Waals surface area contributed by atoms with Crippen molar-refractivity contribution in [2.75, 3.05) is 11.4 Å². The van der Waals surface area contributed by atoms with Gasteiger partial charge in [0.05, 0.1) is 12.1 Å². The lowest BCUT2D eigenvalue weighted by Gasteiger charge is -2.34. The van der Waals surface area contributed by atoms with Crippen LogP contribution < -0.4 is 10.2 Å². The molecule has 2 amide bonds.